The molecule has 3 rings (SSSR count). The number of pyridine rings is 1. The average molecular weight is 256 g/mol. The summed E-state index contributed by atoms with van der Waals surface area (Å²) in [5, 5.41) is 13.0. The molecule has 0 amide bonds. The van der Waals surface area contributed by atoms with Gasteiger partial charge in [-0.1, -0.05) is 0 Å². The second-order valence-electron chi connectivity index (χ2n) is 3.66. The van der Waals surface area contributed by atoms with Crippen molar-refractivity contribution < 1.29 is 14.6 Å². The molecule has 19 heavy (non-hydrogen) atoms. The Morgan fingerprint density at radius 3 is 3.00 bits per heavy atom. The summed E-state index contributed by atoms with van der Waals surface area (Å²) < 4.78 is 7.03. The third-order valence-electron chi connectivity index (χ3n) is 2.42. The molecule has 0 bridgehead atoms. The number of carboxylic acids is 1. The van der Waals surface area contributed by atoms with Crippen LogP contribution in [0.2, 0.25) is 0 Å². The summed E-state index contributed by atoms with van der Waals surface area (Å²) in [6.07, 6.45) is 4.68. The molecule has 3 aromatic rings. The Morgan fingerprint density at radius 2 is 2.16 bits per heavy atom. The predicted octanol–water partition coefficient (Wildman–Crippen LogP) is 1.61. The number of fused-ring (bicyclic) bond motifs is 1. The summed E-state index contributed by atoms with van der Waals surface area (Å²) in [6.45, 7) is 0. The smallest absolute Gasteiger partial charge is 0.358 e. The van der Waals surface area contributed by atoms with Crippen molar-refractivity contribution in [2.75, 3.05) is 0 Å². The summed E-state index contributed by atoms with van der Waals surface area (Å²) in [4.78, 5) is 19.0. The van der Waals surface area contributed by atoms with E-state index in [9.17, 15) is 4.79 Å². The normalized spacial score (nSPS) is 10.5. The quantitative estimate of drug-likeness (QED) is 0.765. The molecular formula is C12H8N4O3. The van der Waals surface area contributed by atoms with Crippen molar-refractivity contribution in [2.24, 2.45) is 0 Å². The van der Waals surface area contributed by atoms with Crippen LogP contribution in [0, 0.1) is 0 Å². The minimum absolute atomic E-state index is 0.145. The molecule has 0 aliphatic carbocycles. The number of aromatic nitrogens is 4. The first-order valence-electron chi connectivity index (χ1n) is 5.40. The Hall–Kier alpha value is -2.96. The van der Waals surface area contributed by atoms with Gasteiger partial charge < -0.3 is 9.84 Å². The van der Waals surface area contributed by atoms with Gasteiger partial charge in [0, 0.05) is 24.5 Å². The van der Waals surface area contributed by atoms with E-state index < -0.39 is 5.97 Å². The van der Waals surface area contributed by atoms with Gasteiger partial charge in [0.25, 0.3) is 0 Å². The van der Waals surface area contributed by atoms with Crippen LogP contribution in [-0.4, -0.2) is 30.7 Å². The number of hydrogen-bond donors (Lipinski definition) is 1. The lowest BCUT2D eigenvalue weighted by Gasteiger charge is -2.06. The van der Waals surface area contributed by atoms with Crippen LogP contribution in [-0.2, 0) is 0 Å². The molecular weight excluding hydrogens is 248 g/mol. The molecule has 0 aliphatic heterocycles. The highest BCUT2D eigenvalue weighted by atomic mass is 16.5. The van der Waals surface area contributed by atoms with Crippen LogP contribution >= 0.6 is 0 Å². The van der Waals surface area contributed by atoms with Crippen molar-refractivity contribution in [1.82, 2.24) is 19.6 Å². The maximum Gasteiger partial charge on any atom is 0.358 e. The molecule has 0 unspecified atom stereocenters. The molecule has 0 radical (unpaired) electrons. The average Bonchev–Trinajstić information content (AvgIpc) is 2.86. The lowest BCUT2D eigenvalue weighted by molar-refractivity contribution is 0.0687. The van der Waals surface area contributed by atoms with E-state index in [0.717, 1.165) is 0 Å². The Balaban J connectivity index is 1.98. The van der Waals surface area contributed by atoms with Crippen molar-refractivity contribution in [3.05, 3.63) is 48.5 Å². The summed E-state index contributed by atoms with van der Waals surface area (Å²) in [6, 6.07) is 6.44. The number of rotatable bonds is 3. The van der Waals surface area contributed by atoms with Crippen molar-refractivity contribution in [1.29, 1.82) is 0 Å². The van der Waals surface area contributed by atoms with E-state index in [1.807, 2.05) is 0 Å². The Morgan fingerprint density at radius 1 is 1.26 bits per heavy atom. The number of carbonyl (C=O) groups is 1. The molecule has 7 heteroatoms. The Bertz CT molecular complexity index is 753. The van der Waals surface area contributed by atoms with Crippen LogP contribution in [0.15, 0.2) is 42.9 Å². The van der Waals surface area contributed by atoms with E-state index in [0.29, 0.717) is 5.65 Å². The van der Waals surface area contributed by atoms with Gasteiger partial charge in [0.05, 0.1) is 6.20 Å². The van der Waals surface area contributed by atoms with Gasteiger partial charge in [-0.2, -0.15) is 10.1 Å². The maximum absolute atomic E-state index is 11.0. The van der Waals surface area contributed by atoms with E-state index in [-0.39, 0.29) is 17.3 Å². The van der Waals surface area contributed by atoms with Crippen molar-refractivity contribution in [2.45, 2.75) is 0 Å². The van der Waals surface area contributed by atoms with Gasteiger partial charge in [-0.3, -0.25) is 0 Å². The summed E-state index contributed by atoms with van der Waals surface area (Å²) >= 11 is 0. The molecule has 3 heterocycles. The zero-order valence-electron chi connectivity index (χ0n) is 9.59. The van der Waals surface area contributed by atoms with E-state index in [2.05, 4.69) is 15.1 Å². The molecule has 0 atom stereocenters. The Kier molecular flexibility index (Phi) is 2.57. The van der Waals surface area contributed by atoms with E-state index in [4.69, 9.17) is 9.84 Å². The van der Waals surface area contributed by atoms with Crippen LogP contribution in [0.25, 0.3) is 5.65 Å². The highest BCUT2D eigenvalue weighted by Gasteiger charge is 2.13. The first-order chi connectivity index (χ1) is 9.24. The van der Waals surface area contributed by atoms with Crippen LogP contribution < -0.4 is 4.74 Å². The fourth-order valence-electron chi connectivity index (χ4n) is 1.60. The highest BCUT2D eigenvalue weighted by Crippen LogP contribution is 2.22. The molecule has 0 aromatic carbocycles. The molecule has 0 saturated heterocycles. The SMILES string of the molecule is O=C(O)c1ncccc1Oc1ccn2nccc2n1. The van der Waals surface area contributed by atoms with Crippen LogP contribution in [0.3, 0.4) is 0 Å². The molecule has 0 spiro atoms. The van der Waals surface area contributed by atoms with E-state index in [1.165, 1.54) is 12.3 Å². The highest BCUT2D eigenvalue weighted by molar-refractivity contribution is 5.88. The van der Waals surface area contributed by atoms with Crippen molar-refractivity contribution in [3.63, 3.8) is 0 Å². The number of aromatic carboxylic acids is 1. The maximum atomic E-state index is 11.0. The largest absolute Gasteiger partial charge is 0.476 e. The second-order valence-corrected chi connectivity index (χ2v) is 3.66. The van der Waals surface area contributed by atoms with Gasteiger partial charge in [-0.25, -0.2) is 14.3 Å². The van der Waals surface area contributed by atoms with Crippen molar-refractivity contribution in [3.8, 4) is 11.6 Å². The molecule has 3 aromatic heterocycles. The molecule has 1 N–H and O–H groups in total. The van der Waals surface area contributed by atoms with Gasteiger partial charge in [0.2, 0.25) is 5.88 Å². The summed E-state index contributed by atoms with van der Waals surface area (Å²) in [5.41, 5.74) is 0.455. The predicted molar refractivity (Wildman–Crippen MR) is 64.3 cm³/mol. The van der Waals surface area contributed by atoms with Crippen LogP contribution in [0.4, 0.5) is 0 Å². The molecule has 0 aliphatic rings. The van der Waals surface area contributed by atoms with Crippen LogP contribution in [0.5, 0.6) is 11.6 Å². The van der Waals surface area contributed by atoms with Gasteiger partial charge in [-0.15, -0.1) is 0 Å². The number of hydrogen-bond acceptors (Lipinski definition) is 5. The van der Waals surface area contributed by atoms with E-state index >= 15 is 0 Å². The zero-order chi connectivity index (χ0) is 13.2. The first-order valence-corrected chi connectivity index (χ1v) is 5.40. The van der Waals surface area contributed by atoms with Gasteiger partial charge in [-0.05, 0) is 12.1 Å². The number of ether oxygens (including phenoxy) is 1. The number of nitrogens with zero attached hydrogens (tertiary/aromatic N) is 4. The minimum atomic E-state index is -1.15. The van der Waals surface area contributed by atoms with Gasteiger partial charge in [0.1, 0.15) is 0 Å². The summed E-state index contributed by atoms with van der Waals surface area (Å²) in [7, 11) is 0. The Labute approximate surface area is 107 Å². The first kappa shape index (κ1) is 11.1. The molecule has 94 valence electrons. The van der Waals surface area contributed by atoms with Gasteiger partial charge >= 0.3 is 5.97 Å². The lowest BCUT2D eigenvalue weighted by Crippen LogP contribution is -2.03. The molecule has 7 nitrogen and oxygen atoms in total. The third-order valence-corrected chi connectivity index (χ3v) is 2.42. The standard InChI is InChI=1S/C12H8N4O3/c17-12(18)11-8(2-1-5-13-11)19-10-4-7-16-9(15-10)3-6-14-16/h1-7H,(H,17,18). The number of carboxylic acid groups (broad SMARTS) is 1. The second kappa shape index (κ2) is 4.37. The minimum Gasteiger partial charge on any atom is -0.476 e. The molecule has 0 saturated carbocycles. The third kappa shape index (κ3) is 2.08. The lowest BCUT2D eigenvalue weighted by atomic mass is 10.3. The van der Waals surface area contributed by atoms with Gasteiger partial charge in [0.15, 0.2) is 17.1 Å². The van der Waals surface area contributed by atoms with Crippen LogP contribution in [0.1, 0.15) is 10.5 Å². The monoisotopic (exact) mass is 256 g/mol. The fourth-order valence-corrected chi connectivity index (χ4v) is 1.60. The van der Waals surface area contributed by atoms with Crippen molar-refractivity contribution >= 4 is 11.6 Å². The summed E-state index contributed by atoms with van der Waals surface area (Å²) in [5.74, 6) is -0.726. The molecule has 0 fully saturated rings. The topological polar surface area (TPSA) is 89.6 Å². The van der Waals surface area contributed by atoms with E-state index in [1.54, 1.807) is 35.1 Å². The zero-order valence-corrected chi connectivity index (χ0v) is 9.59. The fraction of sp³-hybridized carbons (Fsp3) is 0.